The Balaban J connectivity index is 1.78. The van der Waals surface area contributed by atoms with Crippen molar-refractivity contribution in [2.45, 2.75) is 31.3 Å². The molecule has 1 aliphatic carbocycles. The van der Waals surface area contributed by atoms with Crippen molar-refractivity contribution in [3.63, 3.8) is 0 Å². The van der Waals surface area contributed by atoms with Gasteiger partial charge in [0, 0.05) is 25.2 Å². The number of hydrogen-bond acceptors (Lipinski definition) is 5. The number of fused-ring (bicyclic) bond motifs is 1. The van der Waals surface area contributed by atoms with Gasteiger partial charge in [0.2, 0.25) is 0 Å². The highest BCUT2D eigenvalue weighted by atomic mass is 15.3. The highest BCUT2D eigenvalue weighted by molar-refractivity contribution is 5.80. The topological polar surface area (TPSA) is 67.1 Å². The highest BCUT2D eigenvalue weighted by Gasteiger charge is 2.27. The second-order valence-electron chi connectivity index (χ2n) is 5.80. The Bertz CT molecular complexity index is 637. The molecule has 4 rings (SSSR count). The van der Waals surface area contributed by atoms with Gasteiger partial charge in [0.1, 0.15) is 0 Å². The second kappa shape index (κ2) is 4.59. The SMILES string of the molecule is N[C@@H]1CCN(c2nc3ccccc3nc2NC2CC2)C1. The van der Waals surface area contributed by atoms with E-state index < -0.39 is 0 Å². The molecule has 1 saturated carbocycles. The van der Waals surface area contributed by atoms with Crippen LogP contribution in [0.5, 0.6) is 0 Å². The summed E-state index contributed by atoms with van der Waals surface area (Å²) in [6.07, 6.45) is 3.48. The Morgan fingerprint density at radius 1 is 1.10 bits per heavy atom. The molecule has 0 bridgehead atoms. The number of rotatable bonds is 3. The molecule has 0 spiro atoms. The van der Waals surface area contributed by atoms with E-state index in [4.69, 9.17) is 15.7 Å². The van der Waals surface area contributed by atoms with Crippen LogP contribution < -0.4 is 16.0 Å². The summed E-state index contributed by atoms with van der Waals surface area (Å²) < 4.78 is 0. The predicted octanol–water partition coefficient (Wildman–Crippen LogP) is 1.74. The van der Waals surface area contributed by atoms with E-state index in [0.29, 0.717) is 6.04 Å². The third-order valence-corrected chi connectivity index (χ3v) is 3.99. The lowest BCUT2D eigenvalue weighted by Gasteiger charge is -2.20. The number of nitrogens with one attached hydrogen (secondary N) is 1. The van der Waals surface area contributed by atoms with Crippen LogP contribution in [0.2, 0.25) is 0 Å². The molecule has 1 aromatic carbocycles. The lowest BCUT2D eigenvalue weighted by Crippen LogP contribution is -2.28. The first kappa shape index (κ1) is 11.9. The fraction of sp³-hybridized carbons (Fsp3) is 0.467. The molecule has 1 aromatic heterocycles. The first-order valence-corrected chi connectivity index (χ1v) is 7.33. The van der Waals surface area contributed by atoms with Crippen molar-refractivity contribution in [3.8, 4) is 0 Å². The van der Waals surface area contributed by atoms with E-state index in [1.807, 2.05) is 24.3 Å². The van der Waals surface area contributed by atoms with Crippen molar-refractivity contribution in [2.75, 3.05) is 23.3 Å². The van der Waals surface area contributed by atoms with Gasteiger partial charge in [0.15, 0.2) is 11.6 Å². The van der Waals surface area contributed by atoms with E-state index in [1.165, 1.54) is 12.8 Å². The maximum atomic E-state index is 6.03. The second-order valence-corrected chi connectivity index (χ2v) is 5.80. The Kier molecular flexibility index (Phi) is 2.73. The van der Waals surface area contributed by atoms with Gasteiger partial charge in [-0.1, -0.05) is 12.1 Å². The van der Waals surface area contributed by atoms with Crippen LogP contribution in [0.25, 0.3) is 11.0 Å². The van der Waals surface area contributed by atoms with E-state index in [-0.39, 0.29) is 6.04 Å². The molecule has 5 nitrogen and oxygen atoms in total. The summed E-state index contributed by atoms with van der Waals surface area (Å²) in [5, 5.41) is 3.51. The van der Waals surface area contributed by atoms with Gasteiger partial charge in [-0.3, -0.25) is 0 Å². The van der Waals surface area contributed by atoms with Crippen LogP contribution >= 0.6 is 0 Å². The number of benzene rings is 1. The number of nitrogens with two attached hydrogens (primary N) is 1. The highest BCUT2D eigenvalue weighted by Crippen LogP contribution is 2.31. The molecule has 0 unspecified atom stereocenters. The summed E-state index contributed by atoms with van der Waals surface area (Å²) in [6.45, 7) is 1.83. The van der Waals surface area contributed by atoms with Gasteiger partial charge in [-0.05, 0) is 31.4 Å². The Labute approximate surface area is 118 Å². The van der Waals surface area contributed by atoms with E-state index in [0.717, 1.165) is 42.2 Å². The van der Waals surface area contributed by atoms with Crippen molar-refractivity contribution in [1.82, 2.24) is 9.97 Å². The van der Waals surface area contributed by atoms with Gasteiger partial charge in [-0.2, -0.15) is 0 Å². The minimum atomic E-state index is 0.247. The number of aromatic nitrogens is 2. The summed E-state index contributed by atoms with van der Waals surface area (Å²) in [7, 11) is 0. The van der Waals surface area contributed by atoms with Crippen molar-refractivity contribution >= 4 is 22.7 Å². The van der Waals surface area contributed by atoms with Gasteiger partial charge < -0.3 is 16.0 Å². The normalized spacial score (nSPS) is 22.4. The van der Waals surface area contributed by atoms with Crippen LogP contribution in [-0.2, 0) is 0 Å². The molecular formula is C15H19N5. The van der Waals surface area contributed by atoms with Crippen LogP contribution in [0.3, 0.4) is 0 Å². The molecule has 1 atom stereocenters. The van der Waals surface area contributed by atoms with E-state index >= 15 is 0 Å². The molecule has 0 amide bonds. The van der Waals surface area contributed by atoms with Crippen LogP contribution in [0.15, 0.2) is 24.3 Å². The zero-order valence-electron chi connectivity index (χ0n) is 11.4. The Hall–Kier alpha value is -1.88. The summed E-state index contributed by atoms with van der Waals surface area (Å²) >= 11 is 0. The van der Waals surface area contributed by atoms with Crippen molar-refractivity contribution < 1.29 is 0 Å². The monoisotopic (exact) mass is 269 g/mol. The summed E-state index contributed by atoms with van der Waals surface area (Å²) in [5.41, 5.74) is 7.92. The summed E-state index contributed by atoms with van der Waals surface area (Å²) in [5.74, 6) is 1.88. The van der Waals surface area contributed by atoms with E-state index in [1.54, 1.807) is 0 Å². The molecule has 2 aromatic rings. The quantitative estimate of drug-likeness (QED) is 0.888. The molecule has 2 fully saturated rings. The molecule has 104 valence electrons. The van der Waals surface area contributed by atoms with Crippen molar-refractivity contribution in [2.24, 2.45) is 5.73 Å². The average molecular weight is 269 g/mol. The smallest absolute Gasteiger partial charge is 0.172 e. The zero-order valence-corrected chi connectivity index (χ0v) is 11.4. The van der Waals surface area contributed by atoms with Crippen molar-refractivity contribution in [3.05, 3.63) is 24.3 Å². The fourth-order valence-corrected chi connectivity index (χ4v) is 2.71. The lowest BCUT2D eigenvalue weighted by molar-refractivity contribution is 0.751. The Morgan fingerprint density at radius 2 is 1.85 bits per heavy atom. The lowest BCUT2D eigenvalue weighted by atomic mass is 10.3. The standard InChI is InChI=1S/C15H19N5/c16-10-7-8-20(9-10)15-14(17-11-5-6-11)18-12-3-1-2-4-13(12)19-15/h1-4,10-11H,5-9,16H2,(H,17,18)/t10-/m1/s1. The number of nitrogens with zero attached hydrogens (tertiary/aromatic N) is 3. The van der Waals surface area contributed by atoms with Gasteiger partial charge in [0.25, 0.3) is 0 Å². The van der Waals surface area contributed by atoms with Gasteiger partial charge in [-0.25, -0.2) is 9.97 Å². The average Bonchev–Trinajstić information content (AvgIpc) is 3.17. The molecule has 5 heteroatoms. The summed E-state index contributed by atoms with van der Waals surface area (Å²) in [6, 6.07) is 8.86. The maximum Gasteiger partial charge on any atom is 0.172 e. The van der Waals surface area contributed by atoms with Crippen molar-refractivity contribution in [1.29, 1.82) is 0 Å². The molecule has 20 heavy (non-hydrogen) atoms. The molecule has 1 aliphatic heterocycles. The van der Waals surface area contributed by atoms with Crippen LogP contribution in [-0.4, -0.2) is 35.1 Å². The van der Waals surface area contributed by atoms with Gasteiger partial charge in [-0.15, -0.1) is 0 Å². The molecule has 0 radical (unpaired) electrons. The Morgan fingerprint density at radius 3 is 2.50 bits per heavy atom. The van der Waals surface area contributed by atoms with E-state index in [2.05, 4.69) is 10.2 Å². The first-order valence-electron chi connectivity index (χ1n) is 7.33. The van der Waals surface area contributed by atoms with Gasteiger partial charge in [0.05, 0.1) is 11.0 Å². The third-order valence-electron chi connectivity index (χ3n) is 3.99. The fourth-order valence-electron chi connectivity index (χ4n) is 2.71. The van der Waals surface area contributed by atoms with Gasteiger partial charge >= 0.3 is 0 Å². The largest absolute Gasteiger partial charge is 0.364 e. The summed E-state index contributed by atoms with van der Waals surface area (Å²) in [4.78, 5) is 11.8. The first-order chi connectivity index (χ1) is 9.79. The molecular weight excluding hydrogens is 250 g/mol. The third kappa shape index (κ3) is 2.18. The minimum absolute atomic E-state index is 0.247. The number of hydrogen-bond donors (Lipinski definition) is 2. The zero-order chi connectivity index (χ0) is 13.5. The van der Waals surface area contributed by atoms with E-state index in [9.17, 15) is 0 Å². The number of para-hydroxylation sites is 2. The molecule has 2 heterocycles. The maximum absolute atomic E-state index is 6.03. The van der Waals surface area contributed by atoms with Crippen LogP contribution in [0.4, 0.5) is 11.6 Å². The predicted molar refractivity (Wildman–Crippen MR) is 81.0 cm³/mol. The molecule has 3 N–H and O–H groups in total. The van der Waals surface area contributed by atoms with Crippen LogP contribution in [0.1, 0.15) is 19.3 Å². The number of anilines is 2. The molecule has 1 saturated heterocycles. The van der Waals surface area contributed by atoms with Crippen LogP contribution in [0, 0.1) is 0 Å². The molecule has 2 aliphatic rings. The minimum Gasteiger partial charge on any atom is -0.364 e.